The molecule has 2 rings (SSSR count). The Labute approximate surface area is 96.4 Å². The van der Waals surface area contributed by atoms with Crippen LogP contribution in [0.15, 0.2) is 18.2 Å². The second-order valence-electron chi connectivity index (χ2n) is 4.31. The first-order valence-electron chi connectivity index (χ1n) is 5.56. The van der Waals surface area contributed by atoms with Gasteiger partial charge in [0.25, 0.3) is 0 Å². The summed E-state index contributed by atoms with van der Waals surface area (Å²) in [4.78, 5) is 0. The Balaban J connectivity index is 2.22. The predicted octanol–water partition coefficient (Wildman–Crippen LogP) is 4.04. The average Bonchev–Trinajstić information content (AvgIpc) is 2.73. The summed E-state index contributed by atoms with van der Waals surface area (Å²) in [5.41, 5.74) is 3.85. The molecular formula is C13H17ClO. The minimum absolute atomic E-state index is 0.126. The molecule has 2 heteroatoms. The molecule has 0 bridgehead atoms. The zero-order valence-electron chi connectivity index (χ0n) is 9.29. The molecule has 0 spiro atoms. The van der Waals surface area contributed by atoms with Crippen LogP contribution in [-0.4, -0.2) is 0 Å². The van der Waals surface area contributed by atoms with E-state index in [1.165, 1.54) is 16.7 Å². The van der Waals surface area contributed by atoms with Crippen molar-refractivity contribution in [3.8, 4) is 0 Å². The SMILES string of the molecule is CCC(C)C(Cl)c1ccc2c(c1)COC2. The minimum Gasteiger partial charge on any atom is -0.372 e. The van der Waals surface area contributed by atoms with E-state index in [9.17, 15) is 0 Å². The first-order chi connectivity index (χ1) is 7.22. The summed E-state index contributed by atoms with van der Waals surface area (Å²) in [6, 6.07) is 6.49. The number of benzene rings is 1. The molecule has 0 amide bonds. The molecule has 0 saturated heterocycles. The molecule has 2 unspecified atom stereocenters. The second-order valence-corrected chi connectivity index (χ2v) is 4.78. The Morgan fingerprint density at radius 3 is 2.80 bits per heavy atom. The van der Waals surface area contributed by atoms with Crippen LogP contribution in [0.4, 0.5) is 0 Å². The van der Waals surface area contributed by atoms with Crippen molar-refractivity contribution in [2.24, 2.45) is 5.92 Å². The quantitative estimate of drug-likeness (QED) is 0.704. The summed E-state index contributed by atoms with van der Waals surface area (Å²) in [6.45, 7) is 5.87. The maximum absolute atomic E-state index is 6.42. The van der Waals surface area contributed by atoms with Crippen molar-refractivity contribution in [1.29, 1.82) is 0 Å². The summed E-state index contributed by atoms with van der Waals surface area (Å²) < 4.78 is 5.39. The monoisotopic (exact) mass is 224 g/mol. The number of ether oxygens (including phenoxy) is 1. The lowest BCUT2D eigenvalue weighted by Crippen LogP contribution is -2.03. The number of alkyl halides is 1. The Morgan fingerprint density at radius 2 is 2.07 bits per heavy atom. The fraction of sp³-hybridized carbons (Fsp3) is 0.538. The highest BCUT2D eigenvalue weighted by molar-refractivity contribution is 6.21. The maximum Gasteiger partial charge on any atom is 0.0725 e. The van der Waals surface area contributed by atoms with Gasteiger partial charge in [0.15, 0.2) is 0 Å². The third-order valence-electron chi connectivity index (χ3n) is 3.21. The summed E-state index contributed by atoms with van der Waals surface area (Å²) in [6.07, 6.45) is 1.11. The van der Waals surface area contributed by atoms with Crippen LogP contribution in [0.25, 0.3) is 0 Å². The predicted molar refractivity (Wildman–Crippen MR) is 63.0 cm³/mol. The number of rotatable bonds is 3. The molecular weight excluding hydrogens is 208 g/mol. The van der Waals surface area contributed by atoms with Gasteiger partial charge in [-0.3, -0.25) is 0 Å². The lowest BCUT2D eigenvalue weighted by Gasteiger charge is -2.17. The lowest BCUT2D eigenvalue weighted by atomic mass is 9.96. The van der Waals surface area contributed by atoms with E-state index >= 15 is 0 Å². The van der Waals surface area contributed by atoms with Crippen LogP contribution in [0.2, 0.25) is 0 Å². The maximum atomic E-state index is 6.42. The third-order valence-corrected chi connectivity index (χ3v) is 3.89. The highest BCUT2D eigenvalue weighted by Gasteiger charge is 2.18. The molecule has 1 aliphatic heterocycles. The molecule has 2 atom stereocenters. The van der Waals surface area contributed by atoms with Gasteiger partial charge in [-0.25, -0.2) is 0 Å². The molecule has 1 aliphatic rings. The van der Waals surface area contributed by atoms with Crippen LogP contribution in [0.1, 0.15) is 42.3 Å². The Kier molecular flexibility index (Phi) is 3.32. The van der Waals surface area contributed by atoms with E-state index in [1.54, 1.807) is 0 Å². The molecule has 1 nitrogen and oxygen atoms in total. The van der Waals surface area contributed by atoms with E-state index in [0.717, 1.165) is 19.6 Å². The smallest absolute Gasteiger partial charge is 0.0725 e. The molecule has 0 fully saturated rings. The topological polar surface area (TPSA) is 9.23 Å². The van der Waals surface area contributed by atoms with Crippen molar-refractivity contribution < 1.29 is 4.74 Å². The van der Waals surface area contributed by atoms with Gasteiger partial charge in [-0.2, -0.15) is 0 Å². The fourth-order valence-electron chi connectivity index (χ4n) is 1.90. The molecule has 0 N–H and O–H groups in total. The highest BCUT2D eigenvalue weighted by Crippen LogP contribution is 2.33. The van der Waals surface area contributed by atoms with Gasteiger partial charge in [-0.15, -0.1) is 11.6 Å². The van der Waals surface area contributed by atoms with Crippen LogP contribution in [-0.2, 0) is 18.0 Å². The first kappa shape index (κ1) is 11.0. The van der Waals surface area contributed by atoms with E-state index in [2.05, 4.69) is 32.0 Å². The van der Waals surface area contributed by atoms with E-state index in [1.807, 2.05) is 0 Å². The second kappa shape index (κ2) is 4.54. The summed E-state index contributed by atoms with van der Waals surface area (Å²) in [5.74, 6) is 0.520. The fourth-order valence-corrected chi connectivity index (χ4v) is 2.21. The van der Waals surface area contributed by atoms with Gasteiger partial charge in [0.2, 0.25) is 0 Å². The van der Waals surface area contributed by atoms with E-state index in [-0.39, 0.29) is 5.38 Å². The zero-order valence-corrected chi connectivity index (χ0v) is 10.1. The minimum atomic E-state index is 0.126. The summed E-state index contributed by atoms with van der Waals surface area (Å²) in [7, 11) is 0. The third kappa shape index (κ3) is 2.19. The lowest BCUT2D eigenvalue weighted by molar-refractivity contribution is 0.134. The Morgan fingerprint density at radius 1 is 1.33 bits per heavy atom. The molecule has 1 aromatic carbocycles. The van der Waals surface area contributed by atoms with Crippen LogP contribution in [0, 0.1) is 5.92 Å². The van der Waals surface area contributed by atoms with Gasteiger partial charge >= 0.3 is 0 Å². The zero-order chi connectivity index (χ0) is 10.8. The van der Waals surface area contributed by atoms with Crippen LogP contribution in [0.5, 0.6) is 0 Å². The van der Waals surface area contributed by atoms with Gasteiger partial charge in [0.05, 0.1) is 18.6 Å². The normalized spacial score (nSPS) is 18.6. The van der Waals surface area contributed by atoms with Crippen LogP contribution in [0.3, 0.4) is 0 Å². The van der Waals surface area contributed by atoms with Crippen molar-refractivity contribution in [2.75, 3.05) is 0 Å². The molecule has 82 valence electrons. The number of hydrogen-bond donors (Lipinski definition) is 0. The van der Waals surface area contributed by atoms with E-state index < -0.39 is 0 Å². The van der Waals surface area contributed by atoms with Gasteiger partial charge < -0.3 is 4.74 Å². The Hall–Kier alpha value is -0.530. The van der Waals surface area contributed by atoms with Crippen molar-refractivity contribution in [2.45, 2.75) is 38.9 Å². The largest absolute Gasteiger partial charge is 0.372 e. The van der Waals surface area contributed by atoms with Gasteiger partial charge in [0, 0.05) is 0 Å². The summed E-state index contributed by atoms with van der Waals surface area (Å²) >= 11 is 6.42. The van der Waals surface area contributed by atoms with E-state index in [0.29, 0.717) is 5.92 Å². The molecule has 0 aliphatic carbocycles. The van der Waals surface area contributed by atoms with Crippen LogP contribution >= 0.6 is 11.6 Å². The van der Waals surface area contributed by atoms with Crippen molar-refractivity contribution >= 4 is 11.6 Å². The number of fused-ring (bicyclic) bond motifs is 1. The average molecular weight is 225 g/mol. The van der Waals surface area contributed by atoms with Gasteiger partial charge in [-0.1, -0.05) is 38.5 Å². The highest BCUT2D eigenvalue weighted by atomic mass is 35.5. The molecule has 0 saturated carbocycles. The number of hydrogen-bond acceptors (Lipinski definition) is 1. The number of halogens is 1. The molecule has 1 aromatic rings. The van der Waals surface area contributed by atoms with E-state index in [4.69, 9.17) is 16.3 Å². The van der Waals surface area contributed by atoms with Crippen LogP contribution < -0.4 is 0 Å². The molecule has 15 heavy (non-hydrogen) atoms. The van der Waals surface area contributed by atoms with Gasteiger partial charge in [-0.05, 0) is 22.6 Å². The molecule has 0 radical (unpaired) electrons. The Bertz CT molecular complexity index is 348. The summed E-state index contributed by atoms with van der Waals surface area (Å²) in [5, 5.41) is 0.126. The van der Waals surface area contributed by atoms with Gasteiger partial charge in [0.1, 0.15) is 0 Å². The van der Waals surface area contributed by atoms with Crippen molar-refractivity contribution in [1.82, 2.24) is 0 Å². The molecule has 1 heterocycles. The first-order valence-corrected chi connectivity index (χ1v) is 5.99. The van der Waals surface area contributed by atoms with Crippen molar-refractivity contribution in [3.05, 3.63) is 34.9 Å². The standard InChI is InChI=1S/C13H17ClO/c1-3-9(2)13(14)10-4-5-11-7-15-8-12(11)6-10/h4-6,9,13H,3,7-8H2,1-2H3. The van der Waals surface area contributed by atoms with Crippen molar-refractivity contribution in [3.63, 3.8) is 0 Å². The molecule has 0 aromatic heterocycles.